The van der Waals surface area contributed by atoms with Crippen molar-refractivity contribution in [3.63, 3.8) is 0 Å². The van der Waals surface area contributed by atoms with Gasteiger partial charge < -0.3 is 20.3 Å². The topological polar surface area (TPSA) is 209 Å². The maximum absolute atomic E-state index is 13.4. The van der Waals surface area contributed by atoms with E-state index in [0.717, 1.165) is 24.1 Å². The number of carbonyl (C=O) groups is 3. The van der Waals surface area contributed by atoms with E-state index < -0.39 is 64.6 Å². The van der Waals surface area contributed by atoms with Crippen LogP contribution < -0.4 is 37.1 Å². The summed E-state index contributed by atoms with van der Waals surface area (Å²) < 4.78 is 46.3. The van der Waals surface area contributed by atoms with Gasteiger partial charge in [0.2, 0.25) is 11.8 Å². The number of guanidine groups is 2. The second-order valence-corrected chi connectivity index (χ2v) is 9.77. The number of nitrogens with two attached hydrogens (primary N) is 2. The number of carbonyl (C=O) groups excluding carboxylic acids is 3. The Morgan fingerprint density at radius 1 is 1.26 bits per heavy atom. The van der Waals surface area contributed by atoms with Gasteiger partial charge in [-0.2, -0.15) is 13.2 Å². The summed E-state index contributed by atoms with van der Waals surface area (Å²) in [6.45, 7) is -0.474. The summed E-state index contributed by atoms with van der Waals surface area (Å²) in [7, 11) is 1.14. The number of aliphatic hydroxyl groups is 2. The number of methoxy groups -OCH3 is 1. The Balaban J connectivity index is 1.47. The predicted molar refractivity (Wildman–Crippen MR) is 123 cm³/mol. The van der Waals surface area contributed by atoms with Crippen molar-refractivity contribution in [1.29, 1.82) is 0 Å². The van der Waals surface area contributed by atoms with E-state index >= 15 is 0 Å². The first-order chi connectivity index (χ1) is 18.2. The van der Waals surface area contributed by atoms with E-state index in [1.807, 2.05) is 0 Å². The summed E-state index contributed by atoms with van der Waals surface area (Å²) in [4.78, 5) is 41.4. The molecule has 210 valence electrons. The number of nitrogens with zero attached hydrogens (tertiary/aromatic N) is 2. The summed E-state index contributed by atoms with van der Waals surface area (Å²) >= 11 is 0. The van der Waals surface area contributed by atoms with Gasteiger partial charge in [-0.25, -0.2) is 9.89 Å². The number of hydrogen-bond acceptors (Lipinski definition) is 10. The van der Waals surface area contributed by atoms with Crippen LogP contribution in [0.25, 0.3) is 0 Å². The Labute approximate surface area is 218 Å². The van der Waals surface area contributed by atoms with E-state index in [2.05, 4.69) is 20.9 Å². The highest BCUT2D eigenvalue weighted by molar-refractivity contribution is 6.02. The average molecular weight is 557 g/mol. The van der Waals surface area contributed by atoms with Gasteiger partial charge in [0, 0.05) is 18.4 Å². The van der Waals surface area contributed by atoms with E-state index in [4.69, 9.17) is 16.2 Å². The lowest BCUT2D eigenvalue weighted by Crippen LogP contribution is -2.92. The normalized spacial score (nSPS) is 29.4. The van der Waals surface area contributed by atoms with Gasteiger partial charge in [-0.05, 0) is 18.2 Å². The quantitative estimate of drug-likeness (QED) is 0.0984. The van der Waals surface area contributed by atoms with Gasteiger partial charge in [-0.15, -0.1) is 0 Å². The summed E-state index contributed by atoms with van der Waals surface area (Å²) in [5.41, 5.74) is 8.75. The fourth-order valence-electron chi connectivity index (χ4n) is 5.67. The monoisotopic (exact) mass is 556 g/mol. The minimum atomic E-state index is -4.77. The van der Waals surface area contributed by atoms with Crippen LogP contribution in [0.3, 0.4) is 0 Å². The Kier molecular flexibility index (Phi) is 5.91. The van der Waals surface area contributed by atoms with Gasteiger partial charge in [-0.3, -0.25) is 41.1 Å². The Bertz CT molecular complexity index is 1320. The molecule has 1 aromatic carbocycles. The lowest BCUT2D eigenvalue weighted by atomic mass is 9.85. The van der Waals surface area contributed by atoms with Gasteiger partial charge in [0.05, 0.1) is 25.8 Å². The summed E-state index contributed by atoms with van der Waals surface area (Å²) in [5, 5.41) is 31.1. The molecule has 0 saturated carbocycles. The molecule has 3 amide bonds. The molecular formula is C22H27F3N8O6+2. The molecule has 5 rings (SSSR count). The lowest BCUT2D eigenvalue weighted by molar-refractivity contribution is -0.674. The average Bonchev–Trinajstić information content (AvgIpc) is 3.46. The van der Waals surface area contributed by atoms with E-state index in [-0.39, 0.29) is 43.6 Å². The highest BCUT2D eigenvalue weighted by Crippen LogP contribution is 2.38. The Morgan fingerprint density at radius 3 is 2.54 bits per heavy atom. The molecule has 1 spiro atoms. The molecule has 1 aromatic rings. The molecule has 4 heterocycles. The molecule has 39 heavy (non-hydrogen) atoms. The highest BCUT2D eigenvalue weighted by atomic mass is 19.4. The third-order valence-corrected chi connectivity index (χ3v) is 7.52. The number of hydrogen-bond donors (Lipinski definition) is 8. The van der Waals surface area contributed by atoms with Gasteiger partial charge in [-0.1, -0.05) is 0 Å². The van der Waals surface area contributed by atoms with Crippen molar-refractivity contribution >= 4 is 29.6 Å². The van der Waals surface area contributed by atoms with Crippen molar-refractivity contribution in [2.45, 2.75) is 48.6 Å². The number of rotatable bonds is 5. The van der Waals surface area contributed by atoms with Crippen LogP contribution in [-0.4, -0.2) is 99.1 Å². The molecule has 0 aromatic heterocycles. The number of ether oxygens (including phenoxy) is 1. The molecule has 2 saturated heterocycles. The van der Waals surface area contributed by atoms with Crippen molar-refractivity contribution in [2.24, 2.45) is 11.5 Å². The molecule has 10 N–H and O–H groups in total. The molecule has 1 unspecified atom stereocenters. The number of imide groups is 1. The number of amides is 3. The molecule has 4 aliphatic heterocycles. The molecule has 4 atom stereocenters. The first kappa shape index (κ1) is 26.5. The van der Waals surface area contributed by atoms with Crippen molar-refractivity contribution in [1.82, 2.24) is 20.9 Å². The third kappa shape index (κ3) is 3.99. The summed E-state index contributed by atoms with van der Waals surface area (Å²) in [5.74, 6) is -5.03. The minimum absolute atomic E-state index is 0.0466. The van der Waals surface area contributed by atoms with E-state index in [9.17, 15) is 37.8 Å². The minimum Gasteiger partial charge on any atom is -0.497 e. The van der Waals surface area contributed by atoms with E-state index in [1.165, 1.54) is 4.58 Å². The smallest absolute Gasteiger partial charge is 0.416 e. The van der Waals surface area contributed by atoms with Crippen LogP contribution in [0.15, 0.2) is 18.2 Å². The van der Waals surface area contributed by atoms with Gasteiger partial charge in [0.25, 0.3) is 17.4 Å². The molecule has 0 bridgehead atoms. The first-order valence-corrected chi connectivity index (χ1v) is 11.9. The molecule has 2 fully saturated rings. The first-order valence-electron chi connectivity index (χ1n) is 11.9. The zero-order valence-electron chi connectivity index (χ0n) is 20.5. The number of benzene rings is 1. The van der Waals surface area contributed by atoms with E-state index in [1.54, 1.807) is 0 Å². The number of likely N-dealkylation sites (tertiary alicyclic amines) is 1. The zero-order chi connectivity index (χ0) is 28.5. The van der Waals surface area contributed by atoms with Crippen LogP contribution in [0.1, 0.15) is 28.8 Å². The van der Waals surface area contributed by atoms with Gasteiger partial charge >= 0.3 is 18.1 Å². The van der Waals surface area contributed by atoms with Crippen molar-refractivity contribution in [2.75, 3.05) is 20.2 Å². The van der Waals surface area contributed by atoms with E-state index in [0.29, 0.717) is 6.07 Å². The Morgan fingerprint density at radius 2 is 1.92 bits per heavy atom. The van der Waals surface area contributed by atoms with Crippen molar-refractivity contribution in [3.05, 3.63) is 29.3 Å². The SMILES string of the molecule is COc1cc(C(=O)NC2C[N+]3=C(N)N[C@@H](CN4C(=O)CCC4=O)[C@@H]4[NH+]=C(N)N[C@@]43C2(O)O)cc(C(F)(F)F)c1. The largest absolute Gasteiger partial charge is 0.497 e. The van der Waals surface area contributed by atoms with Crippen LogP contribution >= 0.6 is 0 Å². The standard InChI is InChI=1S/C22H25F3N8O6/c1-39-11-5-9(4-10(6-11)22(23,24)25)17(36)29-13-8-33-19(27)28-12(7-32-14(34)2-3-15(32)35)16-20(33,21(13,37)38)31-18(26)30-16/h4-6,12-13,16,37-38H,2-3,7-8H2,1H3,(H6,26,27,28,29,30,31,36)/p+2/t12-,13?,16-,20-/m0/s1. The fraction of sp³-hybridized carbons (Fsp3) is 0.500. The predicted octanol–water partition coefficient (Wildman–Crippen LogP) is -4.98. The van der Waals surface area contributed by atoms with Crippen molar-refractivity contribution in [3.8, 4) is 5.75 Å². The maximum atomic E-state index is 13.4. The van der Waals surface area contributed by atoms with Crippen molar-refractivity contribution < 1.29 is 52.1 Å². The molecule has 14 nitrogen and oxygen atoms in total. The second-order valence-electron chi connectivity index (χ2n) is 9.77. The van der Waals surface area contributed by atoms with Crippen LogP contribution in [0.4, 0.5) is 13.2 Å². The van der Waals surface area contributed by atoms with Crippen LogP contribution in [0.2, 0.25) is 0 Å². The second kappa shape index (κ2) is 8.70. The molecular weight excluding hydrogens is 529 g/mol. The van der Waals surface area contributed by atoms with Crippen LogP contribution in [0.5, 0.6) is 5.75 Å². The number of nitrogens with one attached hydrogen (secondary N) is 4. The number of alkyl halides is 3. The van der Waals surface area contributed by atoms with Crippen LogP contribution in [-0.2, 0) is 15.8 Å². The van der Waals surface area contributed by atoms with Gasteiger partial charge in [0.1, 0.15) is 17.8 Å². The third-order valence-electron chi connectivity index (χ3n) is 7.52. The maximum Gasteiger partial charge on any atom is 0.416 e. The number of halogens is 3. The molecule has 0 aliphatic carbocycles. The molecule has 17 heteroatoms. The highest BCUT2D eigenvalue weighted by Gasteiger charge is 2.78. The zero-order valence-corrected chi connectivity index (χ0v) is 20.5. The molecule has 0 radical (unpaired) electrons. The van der Waals surface area contributed by atoms with Crippen LogP contribution in [0, 0.1) is 0 Å². The lowest BCUT2D eigenvalue weighted by Gasteiger charge is -2.41. The fourth-order valence-corrected chi connectivity index (χ4v) is 5.67. The summed E-state index contributed by atoms with van der Waals surface area (Å²) in [6.07, 6.45) is -4.67. The Hall–Kier alpha value is -4.12. The summed E-state index contributed by atoms with van der Waals surface area (Å²) in [6, 6.07) is -0.933. The molecule has 4 aliphatic rings. The van der Waals surface area contributed by atoms with Gasteiger partial charge in [0.15, 0.2) is 6.04 Å².